The average Bonchev–Trinajstić information content (AvgIpc) is 2.38. The highest BCUT2D eigenvalue weighted by Gasteiger charge is 2.32. The number of phenols is 1. The highest BCUT2D eigenvalue weighted by atomic mass is 16.3. The Morgan fingerprint density at radius 1 is 0.833 bits per heavy atom. The second kappa shape index (κ2) is 3.53. The normalized spacial score (nSPS) is 13.2. The molecular formula is C15H10O3. The molecule has 88 valence electrons. The zero-order valence-electron chi connectivity index (χ0n) is 9.73. The Balaban J connectivity index is 2.41. The van der Waals surface area contributed by atoms with E-state index >= 15 is 0 Å². The maximum atomic E-state index is 12.4. The van der Waals surface area contributed by atoms with Crippen LogP contribution in [0.1, 0.15) is 37.4 Å². The summed E-state index contributed by atoms with van der Waals surface area (Å²) in [7, 11) is 0. The number of ketones is 2. The van der Waals surface area contributed by atoms with Gasteiger partial charge in [0.25, 0.3) is 0 Å². The molecular weight excluding hydrogens is 228 g/mol. The quantitative estimate of drug-likeness (QED) is 0.654. The lowest BCUT2D eigenvalue weighted by atomic mass is 9.81. The van der Waals surface area contributed by atoms with Gasteiger partial charge in [-0.1, -0.05) is 30.3 Å². The minimum Gasteiger partial charge on any atom is -0.507 e. The second-order valence-corrected chi connectivity index (χ2v) is 4.36. The Bertz CT molecular complexity index is 639. The number of carbonyl (C=O) groups is 2. The van der Waals surface area contributed by atoms with Crippen molar-refractivity contribution in [1.29, 1.82) is 0 Å². The van der Waals surface area contributed by atoms with E-state index in [1.54, 1.807) is 37.3 Å². The van der Waals surface area contributed by atoms with Crippen LogP contribution in [0, 0.1) is 6.92 Å². The highest BCUT2D eigenvalue weighted by Crippen LogP contribution is 2.34. The van der Waals surface area contributed by atoms with E-state index in [-0.39, 0.29) is 22.9 Å². The van der Waals surface area contributed by atoms with Crippen molar-refractivity contribution in [3.63, 3.8) is 0 Å². The summed E-state index contributed by atoms with van der Waals surface area (Å²) in [5.41, 5.74) is 1.91. The number of benzene rings is 2. The molecule has 0 aliphatic heterocycles. The van der Waals surface area contributed by atoms with Gasteiger partial charge in [0.2, 0.25) is 0 Å². The van der Waals surface area contributed by atoms with Crippen molar-refractivity contribution in [3.05, 3.63) is 64.2 Å². The molecule has 1 aliphatic rings. The first-order chi connectivity index (χ1) is 8.61. The van der Waals surface area contributed by atoms with Crippen LogP contribution in [-0.4, -0.2) is 16.7 Å². The molecule has 0 saturated carbocycles. The van der Waals surface area contributed by atoms with Crippen LogP contribution in [0.5, 0.6) is 5.75 Å². The van der Waals surface area contributed by atoms with Gasteiger partial charge in [0.1, 0.15) is 5.75 Å². The third kappa shape index (κ3) is 1.24. The summed E-state index contributed by atoms with van der Waals surface area (Å²) >= 11 is 0. The van der Waals surface area contributed by atoms with Gasteiger partial charge in [-0.25, -0.2) is 0 Å². The topological polar surface area (TPSA) is 54.4 Å². The predicted octanol–water partition coefficient (Wildman–Crippen LogP) is 2.48. The van der Waals surface area contributed by atoms with Crippen LogP contribution in [-0.2, 0) is 0 Å². The first-order valence-corrected chi connectivity index (χ1v) is 5.62. The molecule has 1 aliphatic carbocycles. The van der Waals surface area contributed by atoms with Crippen molar-refractivity contribution in [2.75, 3.05) is 0 Å². The molecule has 0 fully saturated rings. The maximum Gasteiger partial charge on any atom is 0.198 e. The fraction of sp³-hybridized carbons (Fsp3) is 0.0667. The van der Waals surface area contributed by atoms with Gasteiger partial charge in [-0.15, -0.1) is 0 Å². The summed E-state index contributed by atoms with van der Waals surface area (Å²) in [6.07, 6.45) is 0. The molecule has 18 heavy (non-hydrogen) atoms. The molecule has 0 heterocycles. The van der Waals surface area contributed by atoms with Gasteiger partial charge in [0.05, 0.1) is 5.56 Å². The summed E-state index contributed by atoms with van der Waals surface area (Å²) in [6, 6.07) is 9.79. The van der Waals surface area contributed by atoms with Gasteiger partial charge in [-0.3, -0.25) is 9.59 Å². The minimum atomic E-state index is -0.290. The number of hydrogen-bond acceptors (Lipinski definition) is 3. The van der Waals surface area contributed by atoms with Crippen molar-refractivity contribution in [3.8, 4) is 5.75 Å². The Morgan fingerprint density at radius 3 is 2.00 bits per heavy atom. The largest absolute Gasteiger partial charge is 0.507 e. The fourth-order valence-corrected chi connectivity index (χ4v) is 2.37. The van der Waals surface area contributed by atoms with Crippen LogP contribution >= 0.6 is 0 Å². The molecule has 0 saturated heterocycles. The zero-order chi connectivity index (χ0) is 12.9. The predicted molar refractivity (Wildman–Crippen MR) is 66.2 cm³/mol. The van der Waals surface area contributed by atoms with Crippen molar-refractivity contribution >= 4 is 11.6 Å². The molecule has 2 aromatic carbocycles. The van der Waals surface area contributed by atoms with Crippen LogP contribution in [0.25, 0.3) is 0 Å². The van der Waals surface area contributed by atoms with E-state index in [0.29, 0.717) is 22.3 Å². The van der Waals surface area contributed by atoms with Crippen LogP contribution in [0.3, 0.4) is 0 Å². The lowest BCUT2D eigenvalue weighted by molar-refractivity contribution is 0.0976. The molecule has 3 nitrogen and oxygen atoms in total. The summed E-state index contributed by atoms with van der Waals surface area (Å²) in [6.45, 7) is 1.76. The molecule has 0 unspecified atom stereocenters. The molecule has 0 radical (unpaired) electrons. The molecule has 2 aromatic rings. The van der Waals surface area contributed by atoms with Gasteiger partial charge < -0.3 is 5.11 Å². The minimum absolute atomic E-state index is 0.124. The van der Waals surface area contributed by atoms with Crippen molar-refractivity contribution < 1.29 is 14.7 Å². The van der Waals surface area contributed by atoms with Crippen LogP contribution in [0.15, 0.2) is 36.4 Å². The van der Waals surface area contributed by atoms with E-state index in [1.165, 1.54) is 6.07 Å². The molecule has 0 spiro atoms. The Kier molecular flexibility index (Phi) is 2.10. The number of phenolic OH excluding ortho intramolecular Hbond substituents is 1. The third-order valence-corrected chi connectivity index (χ3v) is 3.26. The number of aryl methyl sites for hydroxylation is 1. The lowest BCUT2D eigenvalue weighted by Crippen LogP contribution is -2.22. The maximum absolute atomic E-state index is 12.4. The number of rotatable bonds is 0. The first-order valence-electron chi connectivity index (χ1n) is 5.62. The smallest absolute Gasteiger partial charge is 0.198 e. The monoisotopic (exact) mass is 238 g/mol. The van der Waals surface area contributed by atoms with Crippen molar-refractivity contribution in [1.82, 2.24) is 0 Å². The summed E-state index contributed by atoms with van der Waals surface area (Å²) in [5, 5.41) is 9.82. The van der Waals surface area contributed by atoms with E-state index in [0.717, 1.165) is 0 Å². The Morgan fingerprint density at radius 2 is 1.39 bits per heavy atom. The van der Waals surface area contributed by atoms with Crippen molar-refractivity contribution in [2.24, 2.45) is 0 Å². The second-order valence-electron chi connectivity index (χ2n) is 4.36. The van der Waals surface area contributed by atoms with E-state index in [4.69, 9.17) is 0 Å². The third-order valence-electron chi connectivity index (χ3n) is 3.26. The molecule has 0 aromatic heterocycles. The number of hydrogen-bond donors (Lipinski definition) is 1. The molecule has 1 N–H and O–H groups in total. The molecule has 0 amide bonds. The fourth-order valence-electron chi connectivity index (χ4n) is 2.37. The number of aromatic hydroxyl groups is 1. The Hall–Kier alpha value is -2.42. The van der Waals surface area contributed by atoms with Crippen LogP contribution in [0.4, 0.5) is 0 Å². The molecule has 0 bridgehead atoms. The Labute approximate surface area is 104 Å². The van der Waals surface area contributed by atoms with E-state index in [1.807, 2.05) is 0 Å². The SMILES string of the molecule is Cc1ccc(O)c2c1C(=O)c1ccccc1C2=O. The summed E-state index contributed by atoms with van der Waals surface area (Å²) < 4.78 is 0. The van der Waals surface area contributed by atoms with E-state index in [2.05, 4.69) is 0 Å². The number of fused-ring (bicyclic) bond motifs is 2. The highest BCUT2D eigenvalue weighted by molar-refractivity contribution is 6.29. The first kappa shape index (κ1) is 10.7. The van der Waals surface area contributed by atoms with E-state index in [9.17, 15) is 14.7 Å². The zero-order valence-corrected chi connectivity index (χ0v) is 9.73. The van der Waals surface area contributed by atoms with Crippen LogP contribution in [0.2, 0.25) is 0 Å². The van der Waals surface area contributed by atoms with Gasteiger partial charge in [-0.2, -0.15) is 0 Å². The van der Waals surface area contributed by atoms with Gasteiger partial charge in [0, 0.05) is 16.7 Å². The average molecular weight is 238 g/mol. The van der Waals surface area contributed by atoms with Gasteiger partial charge in [-0.05, 0) is 18.6 Å². The van der Waals surface area contributed by atoms with Gasteiger partial charge >= 0.3 is 0 Å². The van der Waals surface area contributed by atoms with Crippen LogP contribution < -0.4 is 0 Å². The summed E-state index contributed by atoms with van der Waals surface area (Å²) in [4.78, 5) is 24.7. The molecule has 3 rings (SSSR count). The standard InChI is InChI=1S/C15H10O3/c1-8-6-7-11(16)13-12(8)14(17)9-4-2-3-5-10(9)15(13)18/h2-7,16H,1H3. The van der Waals surface area contributed by atoms with Crippen molar-refractivity contribution in [2.45, 2.75) is 6.92 Å². The lowest BCUT2D eigenvalue weighted by Gasteiger charge is -2.19. The molecule has 3 heteroatoms. The van der Waals surface area contributed by atoms with E-state index < -0.39 is 0 Å². The number of carbonyl (C=O) groups excluding carboxylic acids is 2. The van der Waals surface area contributed by atoms with Gasteiger partial charge in [0.15, 0.2) is 11.6 Å². The summed E-state index contributed by atoms with van der Waals surface area (Å²) in [5.74, 6) is -0.626. The molecule has 0 atom stereocenters.